The molecule has 0 atom stereocenters. The van der Waals surface area contributed by atoms with Gasteiger partial charge >= 0.3 is 5.97 Å². The number of esters is 1. The second-order valence-electron chi connectivity index (χ2n) is 4.18. The molecule has 1 rings (SSSR count). The SMILES string of the molecule is CCOC(=O)c1cnc(SCC(=O)N(C)CCC#N)nc1N. The van der Waals surface area contributed by atoms with Crippen LogP contribution in [0.1, 0.15) is 23.7 Å². The summed E-state index contributed by atoms with van der Waals surface area (Å²) in [6, 6.07) is 1.98. The number of nitrogens with zero attached hydrogens (tertiary/aromatic N) is 4. The zero-order valence-corrected chi connectivity index (χ0v) is 13.2. The topological polar surface area (TPSA) is 122 Å². The predicted octanol–water partition coefficient (Wildman–Crippen LogP) is 0.700. The summed E-state index contributed by atoms with van der Waals surface area (Å²) in [6.45, 7) is 2.30. The lowest BCUT2D eigenvalue weighted by Crippen LogP contribution is -2.29. The standard InChI is InChI=1S/C13H17N5O3S/c1-3-21-12(20)9-7-16-13(17-11(9)15)22-8-10(19)18(2)6-4-5-14/h7H,3-4,6,8H2,1-2H3,(H2,15,16,17). The quantitative estimate of drug-likeness (QED) is 0.442. The van der Waals surface area contributed by atoms with E-state index in [0.29, 0.717) is 11.7 Å². The largest absolute Gasteiger partial charge is 0.462 e. The molecule has 1 heterocycles. The number of hydrogen-bond acceptors (Lipinski definition) is 8. The fourth-order valence-corrected chi connectivity index (χ4v) is 2.16. The molecule has 1 amide bonds. The van der Waals surface area contributed by atoms with Gasteiger partial charge in [-0.05, 0) is 6.92 Å². The number of ether oxygens (including phenoxy) is 1. The highest BCUT2D eigenvalue weighted by atomic mass is 32.2. The van der Waals surface area contributed by atoms with Gasteiger partial charge in [-0.2, -0.15) is 5.26 Å². The Hall–Kier alpha value is -2.34. The highest BCUT2D eigenvalue weighted by molar-refractivity contribution is 7.99. The number of amides is 1. The lowest BCUT2D eigenvalue weighted by molar-refractivity contribution is -0.127. The van der Waals surface area contributed by atoms with Gasteiger partial charge in [-0.15, -0.1) is 0 Å². The van der Waals surface area contributed by atoms with Gasteiger partial charge in [0.15, 0.2) is 5.16 Å². The summed E-state index contributed by atoms with van der Waals surface area (Å²) in [6.07, 6.45) is 1.57. The van der Waals surface area contributed by atoms with Crippen LogP contribution >= 0.6 is 11.8 Å². The molecule has 0 aromatic carbocycles. The number of rotatable bonds is 7. The van der Waals surface area contributed by atoms with Crippen molar-refractivity contribution in [3.8, 4) is 6.07 Å². The van der Waals surface area contributed by atoms with E-state index in [1.807, 2.05) is 6.07 Å². The molecular weight excluding hydrogens is 306 g/mol. The average Bonchev–Trinajstić information content (AvgIpc) is 2.50. The molecule has 9 heteroatoms. The van der Waals surface area contributed by atoms with Crippen molar-refractivity contribution in [1.82, 2.24) is 14.9 Å². The second kappa shape index (κ2) is 8.84. The Morgan fingerprint density at radius 1 is 1.55 bits per heavy atom. The molecule has 0 radical (unpaired) electrons. The zero-order valence-electron chi connectivity index (χ0n) is 12.4. The van der Waals surface area contributed by atoms with Gasteiger partial charge in [-0.1, -0.05) is 11.8 Å². The van der Waals surface area contributed by atoms with E-state index in [0.717, 1.165) is 11.8 Å². The van der Waals surface area contributed by atoms with Crippen LogP contribution in [-0.2, 0) is 9.53 Å². The molecule has 1 aromatic rings. The van der Waals surface area contributed by atoms with Crippen LogP contribution in [0.2, 0.25) is 0 Å². The average molecular weight is 323 g/mol. The first-order chi connectivity index (χ1) is 10.5. The molecule has 0 unspecified atom stereocenters. The maximum absolute atomic E-state index is 11.8. The van der Waals surface area contributed by atoms with Gasteiger partial charge in [0.1, 0.15) is 11.4 Å². The minimum absolute atomic E-state index is 0.0150. The molecule has 0 aliphatic carbocycles. The number of thioether (sulfide) groups is 1. The zero-order chi connectivity index (χ0) is 16.5. The lowest BCUT2D eigenvalue weighted by atomic mass is 10.3. The molecular formula is C13H17N5O3S. The summed E-state index contributed by atoms with van der Waals surface area (Å²) in [7, 11) is 1.62. The first-order valence-corrected chi connectivity index (χ1v) is 7.51. The van der Waals surface area contributed by atoms with Crippen LogP contribution in [0.5, 0.6) is 0 Å². The molecule has 22 heavy (non-hydrogen) atoms. The second-order valence-corrected chi connectivity index (χ2v) is 5.13. The third-order valence-electron chi connectivity index (χ3n) is 2.60. The van der Waals surface area contributed by atoms with Crippen LogP contribution in [0, 0.1) is 11.3 Å². The van der Waals surface area contributed by atoms with Crippen molar-refractivity contribution in [1.29, 1.82) is 5.26 Å². The van der Waals surface area contributed by atoms with E-state index in [1.165, 1.54) is 11.1 Å². The van der Waals surface area contributed by atoms with E-state index in [9.17, 15) is 9.59 Å². The molecule has 118 valence electrons. The fourth-order valence-electron chi connectivity index (χ4n) is 1.39. The van der Waals surface area contributed by atoms with Crippen molar-refractivity contribution in [3.05, 3.63) is 11.8 Å². The minimum Gasteiger partial charge on any atom is -0.462 e. The number of nitriles is 1. The van der Waals surface area contributed by atoms with Gasteiger partial charge in [0.2, 0.25) is 5.91 Å². The van der Waals surface area contributed by atoms with Gasteiger partial charge in [-0.25, -0.2) is 14.8 Å². The third kappa shape index (κ3) is 5.21. The Labute approximate surface area is 132 Å². The number of aromatic nitrogens is 2. The molecule has 0 saturated heterocycles. The number of carbonyl (C=O) groups is 2. The number of hydrogen-bond donors (Lipinski definition) is 1. The molecule has 0 aliphatic rings. The van der Waals surface area contributed by atoms with Crippen molar-refractivity contribution in [3.63, 3.8) is 0 Å². The van der Waals surface area contributed by atoms with E-state index < -0.39 is 5.97 Å². The predicted molar refractivity (Wildman–Crippen MR) is 81.0 cm³/mol. The van der Waals surface area contributed by atoms with Gasteiger partial charge in [0.05, 0.1) is 24.8 Å². The van der Waals surface area contributed by atoms with Crippen LogP contribution in [0.15, 0.2) is 11.4 Å². The summed E-state index contributed by atoms with van der Waals surface area (Å²) in [5.41, 5.74) is 5.79. The van der Waals surface area contributed by atoms with Crippen LogP contribution in [0.4, 0.5) is 5.82 Å². The van der Waals surface area contributed by atoms with E-state index in [2.05, 4.69) is 9.97 Å². The van der Waals surface area contributed by atoms with Crippen molar-refractivity contribution in [2.45, 2.75) is 18.5 Å². The number of anilines is 1. The van der Waals surface area contributed by atoms with Gasteiger partial charge in [0.25, 0.3) is 0 Å². The fraction of sp³-hybridized carbons (Fsp3) is 0.462. The highest BCUT2D eigenvalue weighted by Gasteiger charge is 2.15. The molecule has 0 saturated carbocycles. The maximum Gasteiger partial charge on any atom is 0.343 e. The van der Waals surface area contributed by atoms with Crippen molar-refractivity contribution in [2.75, 3.05) is 31.7 Å². The van der Waals surface area contributed by atoms with E-state index in [4.69, 9.17) is 15.7 Å². The van der Waals surface area contributed by atoms with Crippen molar-refractivity contribution < 1.29 is 14.3 Å². The summed E-state index contributed by atoms with van der Waals surface area (Å²) in [5.74, 6) is -0.581. The van der Waals surface area contributed by atoms with Crippen LogP contribution < -0.4 is 5.73 Å². The molecule has 2 N–H and O–H groups in total. The van der Waals surface area contributed by atoms with E-state index in [1.54, 1.807) is 14.0 Å². The van der Waals surface area contributed by atoms with Crippen LogP contribution in [0.25, 0.3) is 0 Å². The number of nitrogens with two attached hydrogens (primary N) is 1. The van der Waals surface area contributed by atoms with Gasteiger partial charge < -0.3 is 15.4 Å². The summed E-state index contributed by atoms with van der Waals surface area (Å²) >= 11 is 1.11. The lowest BCUT2D eigenvalue weighted by Gasteiger charge is -2.14. The van der Waals surface area contributed by atoms with E-state index >= 15 is 0 Å². The van der Waals surface area contributed by atoms with Crippen LogP contribution in [0.3, 0.4) is 0 Å². The Balaban J connectivity index is 2.61. The van der Waals surface area contributed by atoms with Gasteiger partial charge in [0, 0.05) is 19.8 Å². The maximum atomic E-state index is 11.8. The molecule has 0 fully saturated rings. The van der Waals surface area contributed by atoms with Crippen LogP contribution in [-0.4, -0.2) is 52.7 Å². The number of carbonyl (C=O) groups excluding carboxylic acids is 2. The van der Waals surface area contributed by atoms with Gasteiger partial charge in [-0.3, -0.25) is 4.79 Å². The molecule has 8 nitrogen and oxygen atoms in total. The molecule has 0 spiro atoms. The molecule has 0 bridgehead atoms. The number of nitrogen functional groups attached to an aromatic ring is 1. The molecule has 1 aromatic heterocycles. The Morgan fingerprint density at radius 2 is 2.27 bits per heavy atom. The summed E-state index contributed by atoms with van der Waals surface area (Å²) in [4.78, 5) is 32.8. The Kier molecular flexibility index (Phi) is 7.12. The minimum atomic E-state index is -0.580. The van der Waals surface area contributed by atoms with E-state index in [-0.39, 0.29) is 36.1 Å². The normalized spacial score (nSPS) is 9.86. The monoisotopic (exact) mass is 323 g/mol. The first-order valence-electron chi connectivity index (χ1n) is 6.53. The molecule has 0 aliphatic heterocycles. The van der Waals surface area contributed by atoms with Crippen molar-refractivity contribution >= 4 is 29.5 Å². The van der Waals surface area contributed by atoms with Crippen molar-refractivity contribution in [2.24, 2.45) is 0 Å². The smallest absolute Gasteiger partial charge is 0.343 e. The summed E-state index contributed by atoms with van der Waals surface area (Å²) < 4.78 is 4.82. The summed E-state index contributed by atoms with van der Waals surface area (Å²) in [5, 5.41) is 8.78. The first kappa shape index (κ1) is 17.7. The highest BCUT2D eigenvalue weighted by Crippen LogP contribution is 2.17. The Morgan fingerprint density at radius 3 is 2.86 bits per heavy atom. The third-order valence-corrected chi connectivity index (χ3v) is 3.45. The Bertz CT molecular complexity index is 588.